The van der Waals surface area contributed by atoms with Crippen molar-refractivity contribution in [3.05, 3.63) is 133 Å². The van der Waals surface area contributed by atoms with E-state index in [0.29, 0.717) is 17.5 Å². The molecule has 0 spiro atoms. The quantitative estimate of drug-likeness (QED) is 0.183. The van der Waals surface area contributed by atoms with Crippen LogP contribution in [0.5, 0.6) is 0 Å². The minimum absolute atomic E-state index is 0.388. The van der Waals surface area contributed by atoms with Gasteiger partial charge in [0.05, 0.1) is 11.2 Å². The summed E-state index contributed by atoms with van der Waals surface area (Å²) in [6, 6.07) is 45.5. The third-order valence-corrected chi connectivity index (χ3v) is 8.81. The molecule has 0 radical (unpaired) electrons. The van der Waals surface area contributed by atoms with Gasteiger partial charge < -0.3 is 9.31 Å². The Morgan fingerprint density at radius 2 is 0.756 bits per heavy atom. The van der Waals surface area contributed by atoms with Crippen molar-refractivity contribution < 1.29 is 9.31 Å². The Bertz CT molecular complexity index is 1930. The van der Waals surface area contributed by atoms with Crippen LogP contribution >= 0.6 is 0 Å². The molecule has 45 heavy (non-hydrogen) atoms. The first-order valence-electron chi connectivity index (χ1n) is 15.3. The molecule has 0 amide bonds. The second kappa shape index (κ2) is 11.5. The summed E-state index contributed by atoms with van der Waals surface area (Å²) in [5, 5.41) is 0. The lowest BCUT2D eigenvalue weighted by Gasteiger charge is -2.32. The number of hydrogen-bond acceptors (Lipinski definition) is 5. The Balaban J connectivity index is 1.21. The highest BCUT2D eigenvalue weighted by Crippen LogP contribution is 2.37. The summed E-state index contributed by atoms with van der Waals surface area (Å²) in [4.78, 5) is 14.7. The van der Waals surface area contributed by atoms with E-state index in [4.69, 9.17) is 24.3 Å². The largest absolute Gasteiger partial charge is 0.494 e. The zero-order chi connectivity index (χ0) is 31.0. The van der Waals surface area contributed by atoms with E-state index < -0.39 is 7.12 Å². The molecule has 0 N–H and O–H groups in total. The van der Waals surface area contributed by atoms with Crippen molar-refractivity contribution in [2.24, 2.45) is 0 Å². The van der Waals surface area contributed by atoms with Crippen LogP contribution in [0.3, 0.4) is 0 Å². The topological polar surface area (TPSA) is 57.1 Å². The van der Waals surface area contributed by atoms with E-state index in [-0.39, 0.29) is 11.2 Å². The molecule has 1 saturated heterocycles. The molecular weight excluding hydrogens is 553 g/mol. The Kier molecular flexibility index (Phi) is 7.40. The molecule has 6 heteroatoms. The van der Waals surface area contributed by atoms with Crippen LogP contribution in [0.15, 0.2) is 133 Å². The molecule has 0 unspecified atom stereocenters. The van der Waals surface area contributed by atoms with Gasteiger partial charge in [-0.15, -0.1) is 0 Å². The average molecular weight is 588 g/mol. The zero-order valence-corrected chi connectivity index (χ0v) is 25.9. The van der Waals surface area contributed by atoms with Gasteiger partial charge in [-0.1, -0.05) is 133 Å². The van der Waals surface area contributed by atoms with Gasteiger partial charge in [-0.2, -0.15) is 0 Å². The highest BCUT2D eigenvalue weighted by molar-refractivity contribution is 6.62. The molecule has 5 aromatic carbocycles. The van der Waals surface area contributed by atoms with Crippen LogP contribution in [-0.4, -0.2) is 33.3 Å². The standard InChI is InChI=1S/C39H34BN3O2/c1-38(2)39(3,4)45-40(44-38)34-17-11-16-33(26-34)29-20-24-32(25-21-29)37-42-35(30-14-9-6-10-15-30)41-36(43-37)31-22-18-28(19-23-31)27-12-7-5-8-13-27/h5-26H,1-4H3. The van der Waals surface area contributed by atoms with Crippen LogP contribution in [0.4, 0.5) is 0 Å². The maximum Gasteiger partial charge on any atom is 0.494 e. The Morgan fingerprint density at radius 3 is 1.24 bits per heavy atom. The summed E-state index contributed by atoms with van der Waals surface area (Å²) in [5.74, 6) is 1.91. The highest BCUT2D eigenvalue weighted by atomic mass is 16.7. The average Bonchev–Trinajstić information content (AvgIpc) is 3.31. The van der Waals surface area contributed by atoms with Gasteiger partial charge in [0.2, 0.25) is 0 Å². The van der Waals surface area contributed by atoms with Crippen molar-refractivity contribution in [2.45, 2.75) is 38.9 Å². The number of aromatic nitrogens is 3. The van der Waals surface area contributed by atoms with Gasteiger partial charge >= 0.3 is 7.12 Å². The monoisotopic (exact) mass is 587 g/mol. The van der Waals surface area contributed by atoms with Crippen molar-refractivity contribution in [3.63, 3.8) is 0 Å². The Labute approximate surface area is 265 Å². The zero-order valence-electron chi connectivity index (χ0n) is 25.9. The van der Waals surface area contributed by atoms with E-state index in [2.05, 4.69) is 125 Å². The fraction of sp³-hybridized carbons (Fsp3) is 0.154. The molecule has 1 aliphatic rings. The third kappa shape index (κ3) is 5.83. The maximum absolute atomic E-state index is 6.30. The maximum atomic E-state index is 6.30. The predicted octanol–water partition coefficient (Wildman–Crippen LogP) is 8.51. The van der Waals surface area contributed by atoms with Gasteiger partial charge in [0.1, 0.15) is 0 Å². The molecule has 1 aromatic heterocycles. The Morgan fingerprint density at radius 1 is 0.400 bits per heavy atom. The van der Waals surface area contributed by atoms with E-state index in [1.807, 2.05) is 36.4 Å². The summed E-state index contributed by atoms with van der Waals surface area (Å²) >= 11 is 0. The van der Waals surface area contributed by atoms with Crippen LogP contribution in [0.2, 0.25) is 0 Å². The van der Waals surface area contributed by atoms with Crippen LogP contribution in [0.25, 0.3) is 56.4 Å². The Hall–Kier alpha value is -4.91. The van der Waals surface area contributed by atoms with Crippen molar-refractivity contribution in [1.29, 1.82) is 0 Å². The van der Waals surface area contributed by atoms with Crippen molar-refractivity contribution in [3.8, 4) is 56.4 Å². The fourth-order valence-corrected chi connectivity index (χ4v) is 5.45. The number of benzene rings is 5. The van der Waals surface area contributed by atoms with Crippen molar-refractivity contribution >= 4 is 12.6 Å². The molecular formula is C39H34BN3O2. The molecule has 6 aromatic rings. The molecule has 1 fully saturated rings. The summed E-state index contributed by atoms with van der Waals surface area (Å²) in [6.45, 7) is 8.30. The van der Waals surface area contributed by atoms with Crippen molar-refractivity contribution in [2.75, 3.05) is 0 Å². The van der Waals surface area contributed by atoms with Gasteiger partial charge in [0.25, 0.3) is 0 Å². The van der Waals surface area contributed by atoms with E-state index in [1.54, 1.807) is 0 Å². The number of nitrogens with zero attached hydrogens (tertiary/aromatic N) is 3. The van der Waals surface area contributed by atoms with Crippen LogP contribution in [0.1, 0.15) is 27.7 Å². The minimum atomic E-state index is -0.406. The van der Waals surface area contributed by atoms with Crippen molar-refractivity contribution in [1.82, 2.24) is 15.0 Å². The van der Waals surface area contributed by atoms with E-state index in [1.165, 1.54) is 5.56 Å². The first kappa shape index (κ1) is 28.8. The minimum Gasteiger partial charge on any atom is -0.399 e. The fourth-order valence-electron chi connectivity index (χ4n) is 5.45. The molecule has 0 atom stereocenters. The van der Waals surface area contributed by atoms with Gasteiger partial charge in [0, 0.05) is 16.7 Å². The molecule has 220 valence electrons. The SMILES string of the molecule is CC1(C)OB(c2cccc(-c3ccc(-c4nc(-c5ccccc5)nc(-c5ccc(-c6ccccc6)cc5)n4)cc3)c2)OC1(C)C. The van der Waals surface area contributed by atoms with Gasteiger partial charge in [0.15, 0.2) is 17.5 Å². The number of rotatable bonds is 6. The van der Waals surface area contributed by atoms with Gasteiger partial charge in [-0.3, -0.25) is 0 Å². The van der Waals surface area contributed by atoms with E-state index in [9.17, 15) is 0 Å². The molecule has 0 aliphatic carbocycles. The first-order chi connectivity index (χ1) is 21.8. The summed E-state index contributed by atoms with van der Waals surface area (Å²) in [6.07, 6.45) is 0. The first-order valence-corrected chi connectivity index (χ1v) is 15.3. The van der Waals surface area contributed by atoms with E-state index >= 15 is 0 Å². The van der Waals surface area contributed by atoms with Crippen LogP contribution in [-0.2, 0) is 9.31 Å². The van der Waals surface area contributed by atoms with Gasteiger partial charge in [-0.05, 0) is 55.4 Å². The van der Waals surface area contributed by atoms with E-state index in [0.717, 1.165) is 38.8 Å². The lowest BCUT2D eigenvalue weighted by Crippen LogP contribution is -2.41. The van der Waals surface area contributed by atoms with Crippen LogP contribution < -0.4 is 5.46 Å². The molecule has 5 nitrogen and oxygen atoms in total. The molecule has 7 rings (SSSR count). The molecule has 0 saturated carbocycles. The second-order valence-corrected chi connectivity index (χ2v) is 12.4. The second-order valence-electron chi connectivity index (χ2n) is 12.4. The molecule has 0 bridgehead atoms. The summed E-state index contributed by atoms with van der Waals surface area (Å²) in [7, 11) is -0.406. The molecule has 2 heterocycles. The summed E-state index contributed by atoms with van der Waals surface area (Å²) in [5.41, 5.74) is 7.53. The molecule has 1 aliphatic heterocycles. The third-order valence-electron chi connectivity index (χ3n) is 8.81. The summed E-state index contributed by atoms with van der Waals surface area (Å²) < 4.78 is 12.6. The number of hydrogen-bond donors (Lipinski definition) is 0. The normalized spacial score (nSPS) is 15.2. The smallest absolute Gasteiger partial charge is 0.399 e. The predicted molar refractivity (Wildman–Crippen MR) is 183 cm³/mol. The highest BCUT2D eigenvalue weighted by Gasteiger charge is 2.51. The lowest BCUT2D eigenvalue weighted by atomic mass is 9.78. The van der Waals surface area contributed by atoms with Crippen LogP contribution in [0, 0.1) is 0 Å². The van der Waals surface area contributed by atoms with Gasteiger partial charge in [-0.25, -0.2) is 15.0 Å². The lowest BCUT2D eigenvalue weighted by molar-refractivity contribution is 0.00578.